The third kappa shape index (κ3) is 3.87. The molecular weight excluding hydrogens is 309 g/mol. The molecule has 1 aromatic rings. The molecule has 0 saturated heterocycles. The van der Waals surface area contributed by atoms with E-state index in [0.29, 0.717) is 5.56 Å². The normalized spacial score (nSPS) is 31.5. The van der Waals surface area contributed by atoms with E-state index in [0.717, 1.165) is 43.4 Å². The van der Waals surface area contributed by atoms with Crippen LogP contribution in [-0.2, 0) is 0 Å². The van der Waals surface area contributed by atoms with Crippen molar-refractivity contribution in [1.82, 2.24) is 0 Å². The number of halogens is 3. The molecule has 2 aliphatic carbocycles. The molecule has 0 aliphatic heterocycles. The summed E-state index contributed by atoms with van der Waals surface area (Å²) in [6.45, 7) is 2.09. The first-order chi connectivity index (χ1) is 11.6. The quantitative estimate of drug-likeness (QED) is 0.422. The molecule has 24 heavy (non-hydrogen) atoms. The van der Waals surface area contributed by atoms with Crippen LogP contribution in [0, 0.1) is 35.2 Å². The SMILES string of the molecule is C/C=C/[C@H]1CC[C@H]([C@H]2CC[C@H](c3cc(F)c(F)c(F)c3)CC2)CC1. The van der Waals surface area contributed by atoms with Crippen LogP contribution in [0.1, 0.15) is 69.8 Å². The monoisotopic (exact) mass is 336 g/mol. The van der Waals surface area contributed by atoms with E-state index in [2.05, 4.69) is 19.1 Å². The average molecular weight is 336 g/mol. The van der Waals surface area contributed by atoms with E-state index < -0.39 is 17.5 Å². The molecule has 3 rings (SSSR count). The summed E-state index contributed by atoms with van der Waals surface area (Å²) in [6.07, 6.45) is 13.9. The van der Waals surface area contributed by atoms with Crippen molar-refractivity contribution in [2.24, 2.45) is 17.8 Å². The van der Waals surface area contributed by atoms with Crippen LogP contribution in [0.15, 0.2) is 24.3 Å². The van der Waals surface area contributed by atoms with Gasteiger partial charge in [0.15, 0.2) is 17.5 Å². The molecule has 0 bridgehead atoms. The Labute approximate surface area is 143 Å². The molecule has 3 heteroatoms. The van der Waals surface area contributed by atoms with Crippen LogP contribution in [0.25, 0.3) is 0 Å². The van der Waals surface area contributed by atoms with Crippen molar-refractivity contribution in [2.45, 2.75) is 64.2 Å². The fourth-order valence-corrected chi connectivity index (χ4v) is 4.82. The van der Waals surface area contributed by atoms with Gasteiger partial charge in [-0.3, -0.25) is 0 Å². The molecule has 1 aromatic carbocycles. The molecule has 0 nitrogen and oxygen atoms in total. The number of hydrogen-bond donors (Lipinski definition) is 0. The van der Waals surface area contributed by atoms with E-state index in [1.54, 1.807) is 0 Å². The third-order valence-corrected chi connectivity index (χ3v) is 6.20. The Balaban J connectivity index is 1.55. The van der Waals surface area contributed by atoms with Gasteiger partial charge in [-0.1, -0.05) is 12.2 Å². The maximum Gasteiger partial charge on any atom is 0.194 e. The molecule has 132 valence electrons. The van der Waals surface area contributed by atoms with Crippen LogP contribution in [-0.4, -0.2) is 0 Å². The highest BCUT2D eigenvalue weighted by Gasteiger charge is 2.31. The zero-order chi connectivity index (χ0) is 17.1. The van der Waals surface area contributed by atoms with Crippen molar-refractivity contribution in [3.05, 3.63) is 47.3 Å². The lowest BCUT2D eigenvalue weighted by Gasteiger charge is -2.37. The molecule has 2 fully saturated rings. The maximum atomic E-state index is 13.4. The highest BCUT2D eigenvalue weighted by atomic mass is 19.2. The molecule has 0 aromatic heterocycles. The number of rotatable bonds is 3. The second-order valence-corrected chi connectivity index (χ2v) is 7.61. The highest BCUT2D eigenvalue weighted by Crippen LogP contribution is 2.44. The standard InChI is InChI=1S/C21H27F3/c1-2-3-14-4-6-15(7-5-14)16-8-10-17(11-9-16)18-12-19(22)21(24)20(23)13-18/h2-3,12-17H,4-11H2,1H3/b3-2+/t14-,15-,16-,17-. The number of benzene rings is 1. The van der Waals surface area contributed by atoms with Gasteiger partial charge in [0.2, 0.25) is 0 Å². The lowest BCUT2D eigenvalue weighted by molar-refractivity contribution is 0.171. The van der Waals surface area contributed by atoms with Gasteiger partial charge >= 0.3 is 0 Å². The number of hydrogen-bond acceptors (Lipinski definition) is 0. The molecule has 2 saturated carbocycles. The summed E-state index contributed by atoms with van der Waals surface area (Å²) >= 11 is 0. The van der Waals surface area contributed by atoms with E-state index in [9.17, 15) is 13.2 Å². The summed E-state index contributed by atoms with van der Waals surface area (Å²) in [7, 11) is 0. The van der Waals surface area contributed by atoms with E-state index in [1.165, 1.54) is 37.8 Å². The molecule has 0 heterocycles. The first-order valence-corrected chi connectivity index (χ1v) is 9.35. The van der Waals surface area contributed by atoms with Crippen LogP contribution in [0.2, 0.25) is 0 Å². The van der Waals surface area contributed by atoms with Gasteiger partial charge in [-0.05, 0) is 99.7 Å². The van der Waals surface area contributed by atoms with Gasteiger partial charge in [0.25, 0.3) is 0 Å². The third-order valence-electron chi connectivity index (χ3n) is 6.20. The summed E-state index contributed by atoms with van der Waals surface area (Å²) in [5.74, 6) is -0.982. The smallest absolute Gasteiger partial charge is 0.194 e. The van der Waals surface area contributed by atoms with E-state index in [-0.39, 0.29) is 5.92 Å². The van der Waals surface area contributed by atoms with Crippen LogP contribution >= 0.6 is 0 Å². The van der Waals surface area contributed by atoms with E-state index in [4.69, 9.17) is 0 Å². The summed E-state index contributed by atoms with van der Waals surface area (Å²) in [5, 5.41) is 0. The predicted molar refractivity (Wildman–Crippen MR) is 91.3 cm³/mol. The van der Waals surface area contributed by atoms with Gasteiger partial charge in [0.05, 0.1) is 0 Å². The summed E-state index contributed by atoms with van der Waals surface area (Å²) in [5.41, 5.74) is 0.627. The molecule has 0 atom stereocenters. The van der Waals surface area contributed by atoms with Gasteiger partial charge in [-0.15, -0.1) is 0 Å². The average Bonchev–Trinajstić information content (AvgIpc) is 2.60. The Morgan fingerprint density at radius 2 is 1.29 bits per heavy atom. The van der Waals surface area contributed by atoms with Crippen molar-refractivity contribution in [2.75, 3.05) is 0 Å². The van der Waals surface area contributed by atoms with Gasteiger partial charge in [0.1, 0.15) is 0 Å². The first-order valence-electron chi connectivity index (χ1n) is 9.35. The molecule has 0 N–H and O–H groups in total. The Morgan fingerprint density at radius 3 is 1.79 bits per heavy atom. The maximum absolute atomic E-state index is 13.4. The predicted octanol–water partition coefficient (Wildman–Crippen LogP) is 6.76. The molecule has 0 amide bonds. The van der Waals surface area contributed by atoms with Gasteiger partial charge in [-0.25, -0.2) is 13.2 Å². The summed E-state index contributed by atoms with van der Waals surface area (Å²) in [6, 6.07) is 2.37. The lowest BCUT2D eigenvalue weighted by atomic mass is 9.68. The highest BCUT2D eigenvalue weighted by molar-refractivity contribution is 5.23. The minimum absolute atomic E-state index is 0.171. The van der Waals surface area contributed by atoms with Crippen molar-refractivity contribution in [3.8, 4) is 0 Å². The molecule has 0 unspecified atom stereocenters. The van der Waals surface area contributed by atoms with Crippen molar-refractivity contribution in [3.63, 3.8) is 0 Å². The minimum Gasteiger partial charge on any atom is -0.204 e. The lowest BCUT2D eigenvalue weighted by Crippen LogP contribution is -2.25. The Hall–Kier alpha value is -1.25. The van der Waals surface area contributed by atoms with Gasteiger partial charge in [-0.2, -0.15) is 0 Å². The van der Waals surface area contributed by atoms with Crippen molar-refractivity contribution < 1.29 is 13.2 Å². The Bertz CT molecular complexity index is 554. The Morgan fingerprint density at radius 1 is 0.792 bits per heavy atom. The molecular formula is C21H27F3. The topological polar surface area (TPSA) is 0 Å². The van der Waals surface area contributed by atoms with Crippen molar-refractivity contribution >= 4 is 0 Å². The van der Waals surface area contributed by atoms with Crippen molar-refractivity contribution in [1.29, 1.82) is 0 Å². The van der Waals surface area contributed by atoms with Gasteiger partial charge < -0.3 is 0 Å². The number of allylic oxidation sites excluding steroid dienone is 2. The van der Waals surface area contributed by atoms with Crippen LogP contribution in [0.5, 0.6) is 0 Å². The summed E-state index contributed by atoms with van der Waals surface area (Å²) in [4.78, 5) is 0. The molecule has 2 aliphatic rings. The van der Waals surface area contributed by atoms with Crippen LogP contribution in [0.4, 0.5) is 13.2 Å². The minimum atomic E-state index is -1.36. The largest absolute Gasteiger partial charge is 0.204 e. The molecule has 0 radical (unpaired) electrons. The second kappa shape index (κ2) is 7.76. The second-order valence-electron chi connectivity index (χ2n) is 7.61. The fraction of sp³-hybridized carbons (Fsp3) is 0.619. The zero-order valence-electron chi connectivity index (χ0n) is 14.4. The fourth-order valence-electron chi connectivity index (χ4n) is 4.82. The zero-order valence-corrected chi connectivity index (χ0v) is 14.4. The van der Waals surface area contributed by atoms with Crippen LogP contribution < -0.4 is 0 Å². The van der Waals surface area contributed by atoms with E-state index in [1.807, 2.05) is 0 Å². The first kappa shape index (κ1) is 17.6. The van der Waals surface area contributed by atoms with Crippen LogP contribution in [0.3, 0.4) is 0 Å². The van der Waals surface area contributed by atoms with Gasteiger partial charge in [0, 0.05) is 0 Å². The summed E-state index contributed by atoms with van der Waals surface area (Å²) < 4.78 is 40.0. The Kier molecular flexibility index (Phi) is 5.68. The molecule has 0 spiro atoms. The van der Waals surface area contributed by atoms with E-state index >= 15 is 0 Å².